The van der Waals surface area contributed by atoms with E-state index in [1.807, 2.05) is 30.3 Å². The number of hydrogen-bond donors (Lipinski definition) is 2. The van der Waals surface area contributed by atoms with Gasteiger partial charge in [0.05, 0.1) is 6.04 Å². The molecule has 0 bridgehead atoms. The van der Waals surface area contributed by atoms with Gasteiger partial charge in [0.25, 0.3) is 0 Å². The molecular formula is C20H22BrNO5. The minimum Gasteiger partial charge on any atom is -0.445 e. The number of carbonyl (C=O) groups excluding carboxylic acids is 2. The number of alkyl carbamates (subject to hydrolysis) is 1. The van der Waals surface area contributed by atoms with Crippen molar-refractivity contribution in [2.75, 3.05) is 0 Å². The van der Waals surface area contributed by atoms with Crippen LogP contribution in [0.4, 0.5) is 4.79 Å². The monoisotopic (exact) mass is 435 g/mol. The Kier molecular flexibility index (Phi) is 7.82. The van der Waals surface area contributed by atoms with Gasteiger partial charge in [-0.1, -0.05) is 60.1 Å². The molecule has 0 aliphatic carbocycles. The highest BCUT2D eigenvalue weighted by atomic mass is 79.9. The molecule has 0 aromatic heterocycles. The molecule has 0 saturated carbocycles. The Balaban J connectivity index is 1.93. The Hall–Kier alpha value is -2.38. The summed E-state index contributed by atoms with van der Waals surface area (Å²) in [7, 11) is 0. The lowest BCUT2D eigenvalue weighted by Crippen LogP contribution is -2.51. The van der Waals surface area contributed by atoms with Crippen LogP contribution >= 0.6 is 15.9 Å². The number of carbonyl (C=O) groups is 2. The molecule has 2 aromatic rings. The van der Waals surface area contributed by atoms with Crippen molar-refractivity contribution in [2.45, 2.75) is 32.6 Å². The maximum Gasteiger partial charge on any atom is 0.407 e. The SMILES string of the molecule is CC(C)[C@H](NC(=O)OCc1ccccc1)[C@@H](O)C(=O)Oc1ccc(Br)cc1. The van der Waals surface area contributed by atoms with Crippen molar-refractivity contribution in [3.05, 3.63) is 64.6 Å². The van der Waals surface area contributed by atoms with E-state index >= 15 is 0 Å². The number of nitrogens with one attached hydrogen (secondary N) is 1. The zero-order valence-corrected chi connectivity index (χ0v) is 16.7. The minimum absolute atomic E-state index is 0.0942. The number of hydrogen-bond acceptors (Lipinski definition) is 5. The van der Waals surface area contributed by atoms with Crippen LogP contribution in [0.3, 0.4) is 0 Å². The molecule has 6 nitrogen and oxygen atoms in total. The van der Waals surface area contributed by atoms with Gasteiger partial charge < -0.3 is 19.9 Å². The molecule has 0 radical (unpaired) electrons. The second-order valence-corrected chi connectivity index (χ2v) is 7.21. The minimum atomic E-state index is -1.53. The van der Waals surface area contributed by atoms with Crippen molar-refractivity contribution < 1.29 is 24.2 Å². The predicted octanol–water partition coefficient (Wildman–Crippen LogP) is 3.67. The third kappa shape index (κ3) is 6.69. The topological polar surface area (TPSA) is 84.9 Å². The fraction of sp³-hybridized carbons (Fsp3) is 0.300. The van der Waals surface area contributed by atoms with E-state index < -0.39 is 24.2 Å². The number of halogens is 1. The van der Waals surface area contributed by atoms with Gasteiger partial charge in [-0.3, -0.25) is 0 Å². The Morgan fingerprint density at radius 2 is 1.70 bits per heavy atom. The first-order valence-corrected chi connectivity index (χ1v) is 9.28. The fourth-order valence-corrected chi connectivity index (χ4v) is 2.60. The summed E-state index contributed by atoms with van der Waals surface area (Å²) in [6.07, 6.45) is -2.24. The number of amides is 1. The van der Waals surface area contributed by atoms with Crippen molar-refractivity contribution >= 4 is 28.0 Å². The van der Waals surface area contributed by atoms with Crippen molar-refractivity contribution in [1.29, 1.82) is 0 Å². The van der Waals surface area contributed by atoms with Gasteiger partial charge in [-0.2, -0.15) is 0 Å². The van der Waals surface area contributed by atoms with E-state index in [2.05, 4.69) is 21.2 Å². The van der Waals surface area contributed by atoms with Crippen LogP contribution < -0.4 is 10.1 Å². The first-order valence-electron chi connectivity index (χ1n) is 8.49. The van der Waals surface area contributed by atoms with Crippen molar-refractivity contribution in [3.63, 3.8) is 0 Å². The van der Waals surface area contributed by atoms with Gasteiger partial charge >= 0.3 is 12.1 Å². The van der Waals surface area contributed by atoms with E-state index in [1.165, 1.54) is 0 Å². The second-order valence-electron chi connectivity index (χ2n) is 6.30. The zero-order valence-electron chi connectivity index (χ0n) is 15.1. The lowest BCUT2D eigenvalue weighted by atomic mass is 9.99. The zero-order chi connectivity index (χ0) is 19.8. The van der Waals surface area contributed by atoms with Crippen LogP contribution in [-0.2, 0) is 16.1 Å². The molecule has 1 amide bonds. The Bertz CT molecular complexity index is 749. The van der Waals surface area contributed by atoms with Crippen LogP contribution in [0, 0.1) is 5.92 Å². The molecular weight excluding hydrogens is 414 g/mol. The summed E-state index contributed by atoms with van der Waals surface area (Å²) in [5.74, 6) is -0.766. The summed E-state index contributed by atoms with van der Waals surface area (Å²) in [6, 6.07) is 15.0. The van der Waals surface area contributed by atoms with Gasteiger partial charge in [-0.25, -0.2) is 9.59 Å². The Morgan fingerprint density at radius 3 is 2.30 bits per heavy atom. The number of benzene rings is 2. The molecule has 0 fully saturated rings. The standard InChI is InChI=1S/C20H22BrNO5/c1-13(2)17(22-20(25)26-12-14-6-4-3-5-7-14)18(23)19(24)27-16-10-8-15(21)9-11-16/h3-11,13,17-18,23H,12H2,1-2H3,(H,22,25)/t17-,18+/m0/s1. The van der Waals surface area contributed by atoms with E-state index in [-0.39, 0.29) is 12.5 Å². The van der Waals surface area contributed by atoms with Crippen molar-refractivity contribution in [3.8, 4) is 5.75 Å². The van der Waals surface area contributed by atoms with Crippen LogP contribution in [0.2, 0.25) is 0 Å². The third-order valence-electron chi connectivity index (χ3n) is 3.83. The molecule has 144 valence electrons. The normalized spacial score (nSPS) is 12.9. The van der Waals surface area contributed by atoms with Gasteiger partial charge in [0.1, 0.15) is 12.4 Å². The number of aliphatic hydroxyl groups is 1. The molecule has 0 spiro atoms. The molecule has 2 aromatic carbocycles. The molecule has 2 N–H and O–H groups in total. The highest BCUT2D eigenvalue weighted by Gasteiger charge is 2.32. The molecule has 2 rings (SSSR count). The van der Waals surface area contributed by atoms with Gasteiger partial charge in [0, 0.05) is 4.47 Å². The van der Waals surface area contributed by atoms with Gasteiger partial charge in [0.15, 0.2) is 6.10 Å². The lowest BCUT2D eigenvalue weighted by molar-refractivity contribution is -0.145. The first-order chi connectivity index (χ1) is 12.9. The van der Waals surface area contributed by atoms with E-state index in [4.69, 9.17) is 9.47 Å². The Morgan fingerprint density at radius 1 is 1.07 bits per heavy atom. The number of aliphatic hydroxyl groups excluding tert-OH is 1. The van der Waals surface area contributed by atoms with Crippen LogP contribution in [-0.4, -0.2) is 29.3 Å². The Labute approximate surface area is 166 Å². The first kappa shape index (κ1) is 20.9. The summed E-state index contributed by atoms with van der Waals surface area (Å²) in [5, 5.41) is 12.9. The van der Waals surface area contributed by atoms with Crippen LogP contribution in [0.5, 0.6) is 5.75 Å². The van der Waals surface area contributed by atoms with Crippen molar-refractivity contribution in [1.82, 2.24) is 5.32 Å². The van der Waals surface area contributed by atoms with Crippen LogP contribution in [0.15, 0.2) is 59.1 Å². The number of rotatable bonds is 7. The highest BCUT2D eigenvalue weighted by molar-refractivity contribution is 9.10. The third-order valence-corrected chi connectivity index (χ3v) is 4.36. The molecule has 27 heavy (non-hydrogen) atoms. The summed E-state index contributed by atoms with van der Waals surface area (Å²) in [5.41, 5.74) is 0.837. The summed E-state index contributed by atoms with van der Waals surface area (Å²) in [6.45, 7) is 3.65. The summed E-state index contributed by atoms with van der Waals surface area (Å²) >= 11 is 3.29. The van der Waals surface area contributed by atoms with Gasteiger partial charge in [0.2, 0.25) is 0 Å². The average molecular weight is 436 g/mol. The lowest BCUT2D eigenvalue weighted by Gasteiger charge is -2.25. The van der Waals surface area contributed by atoms with Crippen molar-refractivity contribution in [2.24, 2.45) is 5.92 Å². The molecule has 0 heterocycles. The largest absolute Gasteiger partial charge is 0.445 e. The average Bonchev–Trinajstić information content (AvgIpc) is 2.66. The van der Waals surface area contributed by atoms with E-state index in [0.717, 1.165) is 10.0 Å². The smallest absolute Gasteiger partial charge is 0.407 e. The molecule has 7 heteroatoms. The highest BCUT2D eigenvalue weighted by Crippen LogP contribution is 2.18. The quantitative estimate of drug-likeness (QED) is 0.511. The molecule has 0 aliphatic rings. The molecule has 0 aliphatic heterocycles. The summed E-state index contributed by atoms with van der Waals surface area (Å²) < 4.78 is 11.2. The number of ether oxygens (including phenoxy) is 2. The van der Waals surface area contributed by atoms with Crippen LogP contribution in [0.25, 0.3) is 0 Å². The molecule has 0 unspecified atom stereocenters. The second kappa shape index (κ2) is 10.1. The fourth-order valence-electron chi connectivity index (χ4n) is 2.34. The molecule has 0 saturated heterocycles. The number of esters is 1. The van der Waals surface area contributed by atoms with Gasteiger partial charge in [-0.05, 0) is 35.7 Å². The van der Waals surface area contributed by atoms with Crippen LogP contribution in [0.1, 0.15) is 19.4 Å². The maximum absolute atomic E-state index is 12.2. The van der Waals surface area contributed by atoms with Gasteiger partial charge in [-0.15, -0.1) is 0 Å². The van der Waals surface area contributed by atoms with E-state index in [0.29, 0.717) is 5.75 Å². The summed E-state index contributed by atoms with van der Waals surface area (Å²) in [4.78, 5) is 24.3. The van der Waals surface area contributed by atoms with E-state index in [1.54, 1.807) is 38.1 Å². The van der Waals surface area contributed by atoms with E-state index in [9.17, 15) is 14.7 Å². The maximum atomic E-state index is 12.2. The molecule has 2 atom stereocenters. The predicted molar refractivity (Wildman–Crippen MR) is 104 cm³/mol.